The van der Waals surface area contributed by atoms with Gasteiger partial charge in [0.1, 0.15) is 11.8 Å². The molecule has 1 saturated carbocycles. The molecule has 3 aromatic rings. The first-order valence-electron chi connectivity index (χ1n) is 10.4. The van der Waals surface area contributed by atoms with Gasteiger partial charge in [-0.2, -0.15) is 10.4 Å². The van der Waals surface area contributed by atoms with Gasteiger partial charge in [-0.3, -0.25) is 14.7 Å². The normalized spacial score (nSPS) is 20.1. The van der Waals surface area contributed by atoms with Gasteiger partial charge >= 0.3 is 0 Å². The van der Waals surface area contributed by atoms with Gasteiger partial charge in [-0.15, -0.1) is 0 Å². The van der Waals surface area contributed by atoms with Crippen molar-refractivity contribution in [3.05, 3.63) is 34.0 Å². The number of halogens is 2. The van der Waals surface area contributed by atoms with E-state index in [1.165, 1.54) is 6.20 Å². The summed E-state index contributed by atoms with van der Waals surface area (Å²) in [6.07, 6.45) is 4.56. The number of aromatic amines is 1. The van der Waals surface area contributed by atoms with Gasteiger partial charge in [-0.1, -0.05) is 0 Å². The monoisotopic (exact) mass is 427 g/mol. The first-order valence-corrected chi connectivity index (χ1v) is 10.4. The first-order chi connectivity index (χ1) is 14.8. The van der Waals surface area contributed by atoms with Gasteiger partial charge in [0.2, 0.25) is 0 Å². The van der Waals surface area contributed by atoms with Crippen LogP contribution in [0.15, 0.2) is 17.2 Å². The number of nitriles is 1. The Bertz CT molecular complexity index is 1260. The molecule has 0 bridgehead atoms. The Hall–Kier alpha value is -3.06. The molecule has 1 aliphatic carbocycles. The summed E-state index contributed by atoms with van der Waals surface area (Å²) in [6.45, 7) is 3.45. The van der Waals surface area contributed by atoms with E-state index in [-0.39, 0.29) is 41.4 Å². The summed E-state index contributed by atoms with van der Waals surface area (Å²) in [5, 5.41) is 14.2. The van der Waals surface area contributed by atoms with E-state index in [0.717, 1.165) is 37.3 Å². The van der Waals surface area contributed by atoms with Gasteiger partial charge in [-0.25, -0.2) is 13.3 Å². The number of anilines is 1. The van der Waals surface area contributed by atoms with Gasteiger partial charge < -0.3 is 9.88 Å². The molecule has 31 heavy (non-hydrogen) atoms. The zero-order valence-electron chi connectivity index (χ0n) is 17.4. The summed E-state index contributed by atoms with van der Waals surface area (Å²) in [4.78, 5) is 24.1. The van der Waals surface area contributed by atoms with Crippen LogP contribution >= 0.6 is 0 Å². The Morgan fingerprint density at radius 1 is 1.29 bits per heavy atom. The molecule has 0 radical (unpaired) electrons. The summed E-state index contributed by atoms with van der Waals surface area (Å²) in [6, 6.07) is 2.22. The lowest BCUT2D eigenvalue weighted by Gasteiger charge is -2.46. The van der Waals surface area contributed by atoms with E-state index in [2.05, 4.69) is 24.9 Å². The number of fused-ring (bicyclic) bond motifs is 3. The number of aromatic nitrogens is 4. The van der Waals surface area contributed by atoms with Crippen LogP contribution in [0, 0.1) is 18.3 Å². The van der Waals surface area contributed by atoms with Gasteiger partial charge in [0.15, 0.2) is 5.65 Å². The maximum atomic E-state index is 13.2. The van der Waals surface area contributed by atoms with E-state index in [4.69, 9.17) is 0 Å². The smallest absolute Gasteiger partial charge is 0.260 e. The van der Waals surface area contributed by atoms with E-state index in [9.17, 15) is 18.8 Å². The number of piperidine rings is 1. The molecule has 0 amide bonds. The predicted octanol–water partition coefficient (Wildman–Crippen LogP) is 2.45. The lowest BCUT2D eigenvalue weighted by atomic mass is 9.85. The summed E-state index contributed by atoms with van der Waals surface area (Å²) >= 11 is 0. The fourth-order valence-corrected chi connectivity index (χ4v) is 5.04. The molecule has 8 nitrogen and oxygen atoms in total. The average molecular weight is 427 g/mol. The van der Waals surface area contributed by atoms with Gasteiger partial charge in [0, 0.05) is 51.3 Å². The molecule has 1 N–H and O–H groups in total. The topological polar surface area (TPSA) is 93.3 Å². The number of H-pyrrole nitrogens is 1. The van der Waals surface area contributed by atoms with E-state index >= 15 is 0 Å². The lowest BCUT2D eigenvalue weighted by molar-refractivity contribution is -0.127. The SMILES string of the molecule is Cc1nn2c([nH]c(=O)c3c(C#N)cncc32)c1N(C)C1CCN(C2CC(F)(F)C2)CC1. The van der Waals surface area contributed by atoms with Crippen molar-refractivity contribution in [1.29, 1.82) is 5.26 Å². The number of nitrogens with one attached hydrogen (secondary N) is 1. The second kappa shape index (κ2) is 6.99. The van der Waals surface area contributed by atoms with Crippen molar-refractivity contribution in [1.82, 2.24) is 24.5 Å². The Kier molecular flexibility index (Phi) is 4.48. The number of alkyl halides is 2. The van der Waals surface area contributed by atoms with Crippen LogP contribution in [0.4, 0.5) is 14.5 Å². The Morgan fingerprint density at radius 2 is 2.00 bits per heavy atom. The largest absolute Gasteiger partial charge is 0.367 e. The van der Waals surface area contributed by atoms with Crippen LogP contribution in [-0.4, -0.2) is 62.6 Å². The van der Waals surface area contributed by atoms with Crippen LogP contribution in [0.3, 0.4) is 0 Å². The fraction of sp³-hybridized carbons (Fsp3) is 0.524. The Labute approximate surface area is 177 Å². The van der Waals surface area contributed by atoms with E-state index < -0.39 is 5.92 Å². The minimum absolute atomic E-state index is 0.00970. The lowest BCUT2D eigenvalue weighted by Crippen LogP contribution is -2.55. The van der Waals surface area contributed by atoms with Gasteiger partial charge in [0.05, 0.1) is 28.4 Å². The van der Waals surface area contributed by atoms with Crippen molar-refractivity contribution < 1.29 is 8.78 Å². The molecule has 4 heterocycles. The number of pyridine rings is 1. The summed E-state index contributed by atoms with van der Waals surface area (Å²) < 4.78 is 28.1. The molecule has 0 spiro atoms. The van der Waals surface area contributed by atoms with Gasteiger partial charge in [-0.05, 0) is 19.8 Å². The van der Waals surface area contributed by atoms with Crippen LogP contribution in [0.25, 0.3) is 16.6 Å². The van der Waals surface area contributed by atoms with Crippen molar-refractivity contribution in [3.63, 3.8) is 0 Å². The molecular weight excluding hydrogens is 404 g/mol. The third-order valence-electron chi connectivity index (χ3n) is 6.75. The highest BCUT2D eigenvalue weighted by Crippen LogP contribution is 2.41. The van der Waals surface area contributed by atoms with Crippen LogP contribution in [-0.2, 0) is 0 Å². The van der Waals surface area contributed by atoms with Crippen molar-refractivity contribution >= 4 is 22.2 Å². The Morgan fingerprint density at radius 3 is 2.65 bits per heavy atom. The number of likely N-dealkylation sites (tertiary alicyclic amines) is 1. The predicted molar refractivity (Wildman–Crippen MR) is 112 cm³/mol. The Balaban J connectivity index is 1.45. The van der Waals surface area contributed by atoms with Crippen molar-refractivity contribution in [2.75, 3.05) is 25.0 Å². The summed E-state index contributed by atoms with van der Waals surface area (Å²) in [5.74, 6) is -2.50. The van der Waals surface area contributed by atoms with Crippen molar-refractivity contribution in [3.8, 4) is 6.07 Å². The van der Waals surface area contributed by atoms with Crippen molar-refractivity contribution in [2.45, 2.75) is 50.6 Å². The van der Waals surface area contributed by atoms with Crippen LogP contribution < -0.4 is 10.5 Å². The highest BCUT2D eigenvalue weighted by molar-refractivity contribution is 5.87. The quantitative estimate of drug-likeness (QED) is 0.690. The molecular formula is C21H23F2N7O. The zero-order valence-corrected chi connectivity index (χ0v) is 17.4. The molecule has 2 fully saturated rings. The first kappa shape index (κ1) is 19.9. The third kappa shape index (κ3) is 3.15. The second-order valence-electron chi connectivity index (χ2n) is 8.64. The van der Waals surface area contributed by atoms with Crippen LogP contribution in [0.1, 0.15) is 36.9 Å². The van der Waals surface area contributed by atoms with E-state index in [0.29, 0.717) is 11.2 Å². The highest BCUT2D eigenvalue weighted by atomic mass is 19.3. The fourth-order valence-electron chi connectivity index (χ4n) is 5.04. The van der Waals surface area contributed by atoms with Crippen LogP contribution in [0.5, 0.6) is 0 Å². The maximum absolute atomic E-state index is 13.2. The molecule has 0 unspecified atom stereocenters. The maximum Gasteiger partial charge on any atom is 0.260 e. The average Bonchev–Trinajstić information content (AvgIpc) is 3.07. The third-order valence-corrected chi connectivity index (χ3v) is 6.75. The number of aryl methyl sites for hydroxylation is 1. The molecule has 162 valence electrons. The molecule has 0 atom stereocenters. The van der Waals surface area contributed by atoms with Crippen LogP contribution in [0.2, 0.25) is 0 Å². The van der Waals surface area contributed by atoms with Gasteiger partial charge in [0.25, 0.3) is 11.5 Å². The standard InChI is InChI=1S/C21H23F2N7O/c1-12-18(28(2)14-3-5-29(6-4-14)15-7-21(22,23)8-15)19-26-20(31)17-13(9-24)10-25-11-16(17)30(19)27-12/h10-11,14-15H,3-8H2,1-2H3,(H,26,31). The highest BCUT2D eigenvalue weighted by Gasteiger charge is 2.48. The van der Waals surface area contributed by atoms with E-state index in [1.807, 2.05) is 20.0 Å². The molecule has 1 aliphatic heterocycles. The molecule has 1 saturated heterocycles. The minimum atomic E-state index is -2.50. The van der Waals surface area contributed by atoms with E-state index in [1.54, 1.807) is 10.7 Å². The molecule has 10 heteroatoms. The number of hydrogen-bond donors (Lipinski definition) is 1. The second-order valence-corrected chi connectivity index (χ2v) is 8.64. The number of rotatable bonds is 3. The summed E-state index contributed by atoms with van der Waals surface area (Å²) in [5.41, 5.74) is 2.50. The summed E-state index contributed by atoms with van der Waals surface area (Å²) in [7, 11) is 1.98. The minimum Gasteiger partial charge on any atom is -0.367 e. The zero-order chi connectivity index (χ0) is 21.9. The molecule has 5 rings (SSSR count). The molecule has 2 aliphatic rings. The number of nitrogens with zero attached hydrogens (tertiary/aromatic N) is 6. The molecule has 0 aromatic carbocycles. The molecule has 3 aromatic heterocycles. The number of hydrogen-bond acceptors (Lipinski definition) is 6. The van der Waals surface area contributed by atoms with Crippen molar-refractivity contribution in [2.24, 2.45) is 0 Å².